The van der Waals surface area contributed by atoms with Crippen LogP contribution in [0.1, 0.15) is 23.2 Å². The van der Waals surface area contributed by atoms with Crippen molar-refractivity contribution in [1.29, 1.82) is 0 Å². The normalized spacial score (nSPS) is 19.5. The Kier molecular flexibility index (Phi) is 3.39. The number of hydrogen-bond acceptors (Lipinski definition) is 5. The van der Waals surface area contributed by atoms with E-state index in [1.807, 2.05) is 4.68 Å². The van der Waals surface area contributed by atoms with Crippen LogP contribution in [0.15, 0.2) is 6.20 Å². The Morgan fingerprint density at radius 2 is 2.21 bits per heavy atom. The lowest BCUT2D eigenvalue weighted by Crippen LogP contribution is -2.38. The molecule has 104 valence electrons. The Morgan fingerprint density at radius 1 is 1.47 bits per heavy atom. The highest BCUT2D eigenvalue weighted by Gasteiger charge is 2.26. The SMILES string of the molecule is NNC(=O)c1cn(CC2CC2)nc1N1CCOCC1. The minimum atomic E-state index is -0.288. The molecule has 1 saturated carbocycles. The zero-order valence-corrected chi connectivity index (χ0v) is 10.8. The molecule has 3 rings (SSSR count). The van der Waals surface area contributed by atoms with Gasteiger partial charge in [-0.2, -0.15) is 5.10 Å². The summed E-state index contributed by atoms with van der Waals surface area (Å²) in [7, 11) is 0. The number of aromatic nitrogens is 2. The van der Waals surface area contributed by atoms with Gasteiger partial charge in [-0.1, -0.05) is 0 Å². The lowest BCUT2D eigenvalue weighted by molar-refractivity contribution is 0.0952. The number of carbonyl (C=O) groups excluding carboxylic acids is 1. The topological polar surface area (TPSA) is 85.4 Å². The summed E-state index contributed by atoms with van der Waals surface area (Å²) in [5, 5.41) is 4.55. The molecule has 0 aromatic carbocycles. The van der Waals surface area contributed by atoms with Gasteiger partial charge in [0.15, 0.2) is 5.82 Å². The number of nitrogens with zero attached hydrogens (tertiary/aromatic N) is 3. The third-order valence-electron chi connectivity index (χ3n) is 3.57. The molecule has 2 heterocycles. The van der Waals surface area contributed by atoms with Crippen molar-refractivity contribution < 1.29 is 9.53 Å². The molecule has 3 N–H and O–H groups in total. The maximum atomic E-state index is 11.8. The van der Waals surface area contributed by atoms with Gasteiger partial charge in [-0.05, 0) is 18.8 Å². The van der Waals surface area contributed by atoms with Gasteiger partial charge < -0.3 is 9.64 Å². The second-order valence-electron chi connectivity index (χ2n) is 5.10. The summed E-state index contributed by atoms with van der Waals surface area (Å²) in [6.45, 7) is 3.73. The predicted molar refractivity (Wildman–Crippen MR) is 69.6 cm³/mol. The van der Waals surface area contributed by atoms with E-state index in [1.165, 1.54) is 12.8 Å². The van der Waals surface area contributed by atoms with Crippen molar-refractivity contribution in [2.45, 2.75) is 19.4 Å². The van der Waals surface area contributed by atoms with Gasteiger partial charge in [0, 0.05) is 25.8 Å². The number of nitrogens with one attached hydrogen (secondary N) is 1. The van der Waals surface area contributed by atoms with Crippen molar-refractivity contribution in [2.75, 3.05) is 31.2 Å². The minimum Gasteiger partial charge on any atom is -0.378 e. The molecule has 0 unspecified atom stereocenters. The van der Waals surface area contributed by atoms with E-state index in [-0.39, 0.29) is 5.91 Å². The van der Waals surface area contributed by atoms with Crippen LogP contribution in [0.4, 0.5) is 5.82 Å². The summed E-state index contributed by atoms with van der Waals surface area (Å²) in [5.74, 6) is 6.39. The first-order valence-electron chi connectivity index (χ1n) is 6.69. The summed E-state index contributed by atoms with van der Waals surface area (Å²) in [4.78, 5) is 13.9. The van der Waals surface area contributed by atoms with Crippen molar-refractivity contribution in [3.63, 3.8) is 0 Å². The Bertz CT molecular complexity index is 463. The maximum Gasteiger partial charge on any atom is 0.270 e. The fourth-order valence-corrected chi connectivity index (χ4v) is 2.32. The van der Waals surface area contributed by atoms with Crippen molar-refractivity contribution in [3.8, 4) is 0 Å². The lowest BCUT2D eigenvalue weighted by Gasteiger charge is -2.27. The number of nitrogen functional groups attached to an aromatic ring is 1. The molecule has 1 aliphatic heterocycles. The number of rotatable bonds is 4. The second-order valence-corrected chi connectivity index (χ2v) is 5.10. The van der Waals surface area contributed by atoms with Crippen molar-refractivity contribution in [2.24, 2.45) is 11.8 Å². The number of morpholine rings is 1. The summed E-state index contributed by atoms with van der Waals surface area (Å²) in [5.41, 5.74) is 2.74. The zero-order valence-electron chi connectivity index (χ0n) is 10.8. The molecular weight excluding hydrogens is 246 g/mol. The van der Waals surface area contributed by atoms with E-state index in [0.29, 0.717) is 30.5 Å². The largest absolute Gasteiger partial charge is 0.378 e. The number of amides is 1. The molecule has 1 aliphatic carbocycles. The fourth-order valence-electron chi connectivity index (χ4n) is 2.32. The Morgan fingerprint density at radius 3 is 2.84 bits per heavy atom. The Balaban J connectivity index is 1.85. The maximum absolute atomic E-state index is 11.8. The standard InChI is InChI=1S/C12H19N5O2/c13-14-12(18)10-8-17(7-9-1-2-9)15-11(10)16-3-5-19-6-4-16/h8-9H,1-7,13H2,(H,14,18). The van der Waals surface area contributed by atoms with Crippen molar-refractivity contribution in [3.05, 3.63) is 11.8 Å². The summed E-state index contributed by atoms with van der Waals surface area (Å²) < 4.78 is 7.20. The molecule has 0 bridgehead atoms. The van der Waals surface area contributed by atoms with Crippen LogP contribution in [-0.4, -0.2) is 42.0 Å². The Labute approximate surface area is 111 Å². The molecule has 1 aromatic heterocycles. The molecular formula is C12H19N5O2. The van der Waals surface area contributed by atoms with Gasteiger partial charge in [-0.3, -0.25) is 14.9 Å². The Hall–Kier alpha value is -1.60. The van der Waals surface area contributed by atoms with Gasteiger partial charge in [-0.15, -0.1) is 0 Å². The van der Waals surface area contributed by atoms with Crippen LogP contribution in [0, 0.1) is 5.92 Å². The van der Waals surface area contributed by atoms with Crippen LogP contribution in [0.5, 0.6) is 0 Å². The highest BCUT2D eigenvalue weighted by molar-refractivity contribution is 5.98. The first kappa shape index (κ1) is 12.4. The van der Waals surface area contributed by atoms with Crippen LogP contribution in [-0.2, 0) is 11.3 Å². The average Bonchev–Trinajstić information content (AvgIpc) is 3.16. The lowest BCUT2D eigenvalue weighted by atomic mass is 10.2. The highest BCUT2D eigenvalue weighted by atomic mass is 16.5. The van der Waals surface area contributed by atoms with E-state index in [2.05, 4.69) is 15.4 Å². The average molecular weight is 265 g/mol. The monoisotopic (exact) mass is 265 g/mol. The number of ether oxygens (including phenoxy) is 1. The molecule has 7 heteroatoms. The van der Waals surface area contributed by atoms with Gasteiger partial charge >= 0.3 is 0 Å². The number of anilines is 1. The highest BCUT2D eigenvalue weighted by Crippen LogP contribution is 2.31. The van der Waals surface area contributed by atoms with E-state index in [4.69, 9.17) is 10.6 Å². The molecule has 0 radical (unpaired) electrons. The smallest absolute Gasteiger partial charge is 0.270 e. The molecule has 7 nitrogen and oxygen atoms in total. The van der Waals surface area contributed by atoms with E-state index < -0.39 is 0 Å². The van der Waals surface area contributed by atoms with Gasteiger partial charge in [0.1, 0.15) is 5.56 Å². The molecule has 0 atom stereocenters. The molecule has 1 amide bonds. The molecule has 1 aromatic rings. The molecule has 19 heavy (non-hydrogen) atoms. The molecule has 2 fully saturated rings. The first-order chi connectivity index (χ1) is 9.28. The number of nitrogens with two attached hydrogens (primary N) is 1. The summed E-state index contributed by atoms with van der Waals surface area (Å²) in [6, 6.07) is 0. The quantitative estimate of drug-likeness (QED) is 0.445. The van der Waals surface area contributed by atoms with Crippen LogP contribution in [0.3, 0.4) is 0 Å². The van der Waals surface area contributed by atoms with Crippen LogP contribution >= 0.6 is 0 Å². The summed E-state index contributed by atoms with van der Waals surface area (Å²) in [6.07, 6.45) is 4.31. The van der Waals surface area contributed by atoms with E-state index in [1.54, 1.807) is 6.20 Å². The molecule has 1 saturated heterocycles. The third kappa shape index (κ3) is 2.71. The second kappa shape index (κ2) is 5.18. The van der Waals surface area contributed by atoms with Gasteiger partial charge in [-0.25, -0.2) is 5.84 Å². The third-order valence-corrected chi connectivity index (χ3v) is 3.57. The number of carbonyl (C=O) groups is 1. The predicted octanol–water partition coefficient (Wildman–Crippen LogP) is -0.267. The van der Waals surface area contributed by atoms with Gasteiger partial charge in [0.05, 0.1) is 13.2 Å². The van der Waals surface area contributed by atoms with Gasteiger partial charge in [0.25, 0.3) is 5.91 Å². The van der Waals surface area contributed by atoms with Gasteiger partial charge in [0.2, 0.25) is 0 Å². The fraction of sp³-hybridized carbons (Fsp3) is 0.667. The van der Waals surface area contributed by atoms with Crippen LogP contribution in [0.2, 0.25) is 0 Å². The van der Waals surface area contributed by atoms with E-state index >= 15 is 0 Å². The molecule has 2 aliphatic rings. The first-order valence-corrected chi connectivity index (χ1v) is 6.69. The summed E-state index contributed by atoms with van der Waals surface area (Å²) >= 11 is 0. The van der Waals surface area contributed by atoms with Crippen LogP contribution in [0.25, 0.3) is 0 Å². The zero-order chi connectivity index (χ0) is 13.2. The minimum absolute atomic E-state index is 0.288. The number of hydrogen-bond donors (Lipinski definition) is 2. The van der Waals surface area contributed by atoms with Crippen molar-refractivity contribution in [1.82, 2.24) is 15.2 Å². The number of hydrazine groups is 1. The van der Waals surface area contributed by atoms with E-state index in [0.717, 1.165) is 19.6 Å². The van der Waals surface area contributed by atoms with E-state index in [9.17, 15) is 4.79 Å². The van der Waals surface area contributed by atoms with Crippen LogP contribution < -0.4 is 16.2 Å². The van der Waals surface area contributed by atoms with Crippen molar-refractivity contribution >= 4 is 11.7 Å². The molecule has 0 spiro atoms.